The van der Waals surface area contributed by atoms with E-state index in [-0.39, 0.29) is 17.4 Å². The van der Waals surface area contributed by atoms with Gasteiger partial charge in [0.05, 0.1) is 16.6 Å². The van der Waals surface area contributed by atoms with Crippen LogP contribution < -0.4 is 10.6 Å². The number of carbonyl (C=O) groups is 1. The van der Waals surface area contributed by atoms with Gasteiger partial charge in [-0.05, 0) is 43.7 Å². The molecule has 1 amide bonds. The topological polar surface area (TPSA) is 80.0 Å². The smallest absolute Gasteiger partial charge is 0.259 e. The zero-order chi connectivity index (χ0) is 17.6. The van der Waals surface area contributed by atoms with Gasteiger partial charge in [-0.1, -0.05) is 25.9 Å². The Balaban J connectivity index is 1.75. The average molecular weight is 342 g/mol. The molecule has 0 spiro atoms. The van der Waals surface area contributed by atoms with Crippen molar-refractivity contribution in [3.63, 3.8) is 0 Å². The molecule has 2 fully saturated rings. The van der Waals surface area contributed by atoms with Gasteiger partial charge in [0.15, 0.2) is 0 Å². The van der Waals surface area contributed by atoms with Crippen molar-refractivity contribution < 1.29 is 9.32 Å². The van der Waals surface area contributed by atoms with Crippen molar-refractivity contribution in [3.8, 4) is 0 Å². The molecule has 4 rings (SSSR count). The van der Waals surface area contributed by atoms with Gasteiger partial charge in [-0.2, -0.15) is 0 Å². The molecule has 2 aliphatic rings. The molecular formula is C19H26N4O2. The molecule has 2 N–H and O–H groups in total. The van der Waals surface area contributed by atoms with E-state index in [2.05, 4.69) is 41.5 Å². The number of fused-ring (bicyclic) bond motifs is 1. The number of hydrogen-bond donors (Lipinski definition) is 2. The van der Waals surface area contributed by atoms with E-state index in [4.69, 9.17) is 4.52 Å². The summed E-state index contributed by atoms with van der Waals surface area (Å²) in [6.07, 6.45) is 3.98. The van der Waals surface area contributed by atoms with Crippen molar-refractivity contribution in [2.75, 3.05) is 13.1 Å². The van der Waals surface area contributed by atoms with Crippen molar-refractivity contribution in [1.29, 1.82) is 0 Å². The highest BCUT2D eigenvalue weighted by molar-refractivity contribution is 6.06. The van der Waals surface area contributed by atoms with E-state index in [1.807, 2.05) is 6.07 Å². The van der Waals surface area contributed by atoms with Crippen molar-refractivity contribution >= 4 is 17.0 Å². The Morgan fingerprint density at radius 2 is 2.16 bits per heavy atom. The number of aromatic nitrogens is 2. The normalized spacial score (nSPS) is 21.0. The van der Waals surface area contributed by atoms with Crippen LogP contribution in [-0.4, -0.2) is 35.2 Å². The van der Waals surface area contributed by atoms with Gasteiger partial charge in [0.2, 0.25) is 0 Å². The fraction of sp³-hybridized carbons (Fsp3) is 0.632. The highest BCUT2D eigenvalue weighted by Crippen LogP contribution is 2.41. The number of carbonyl (C=O) groups excluding carboxylic acids is 1. The van der Waals surface area contributed by atoms with Crippen LogP contribution >= 0.6 is 0 Å². The van der Waals surface area contributed by atoms with E-state index in [0.29, 0.717) is 17.2 Å². The second-order valence-electron chi connectivity index (χ2n) is 8.58. The lowest BCUT2D eigenvalue weighted by atomic mass is 9.89. The second-order valence-corrected chi connectivity index (χ2v) is 8.58. The second kappa shape index (κ2) is 6.09. The summed E-state index contributed by atoms with van der Waals surface area (Å²) < 4.78 is 5.52. The van der Waals surface area contributed by atoms with E-state index < -0.39 is 0 Å². The Morgan fingerprint density at radius 3 is 2.80 bits per heavy atom. The molecule has 25 heavy (non-hydrogen) atoms. The Labute approximate surface area is 147 Å². The van der Waals surface area contributed by atoms with Crippen LogP contribution in [0.5, 0.6) is 0 Å². The summed E-state index contributed by atoms with van der Waals surface area (Å²) in [5.41, 5.74) is 3.01. The van der Waals surface area contributed by atoms with Crippen LogP contribution in [0.2, 0.25) is 0 Å². The number of rotatable bonds is 4. The first kappa shape index (κ1) is 16.5. The lowest BCUT2D eigenvalue weighted by Crippen LogP contribution is -2.36. The van der Waals surface area contributed by atoms with Crippen LogP contribution in [0.4, 0.5) is 0 Å². The molecule has 0 aromatic carbocycles. The zero-order valence-corrected chi connectivity index (χ0v) is 15.2. The molecule has 1 saturated carbocycles. The average Bonchev–Trinajstić information content (AvgIpc) is 3.14. The van der Waals surface area contributed by atoms with Crippen LogP contribution in [-0.2, 0) is 6.42 Å². The lowest BCUT2D eigenvalue weighted by molar-refractivity contribution is 0.0941. The molecule has 1 aliphatic heterocycles. The van der Waals surface area contributed by atoms with Gasteiger partial charge in [0.1, 0.15) is 0 Å². The molecule has 1 saturated heterocycles. The maximum absolute atomic E-state index is 13.0. The zero-order valence-electron chi connectivity index (χ0n) is 15.2. The third-order valence-corrected chi connectivity index (χ3v) is 4.87. The monoisotopic (exact) mass is 342 g/mol. The molecule has 1 atom stereocenters. The highest BCUT2D eigenvalue weighted by Gasteiger charge is 2.30. The molecule has 6 nitrogen and oxygen atoms in total. The van der Waals surface area contributed by atoms with Crippen molar-refractivity contribution in [3.05, 3.63) is 23.0 Å². The Hall–Kier alpha value is -1.95. The van der Waals surface area contributed by atoms with E-state index >= 15 is 0 Å². The Bertz CT molecular complexity index is 796. The highest BCUT2D eigenvalue weighted by atomic mass is 16.5. The molecule has 2 aromatic rings. The molecule has 3 heterocycles. The summed E-state index contributed by atoms with van der Waals surface area (Å²) in [5.74, 6) is 0.418. The number of hydrogen-bond acceptors (Lipinski definition) is 5. The summed E-state index contributed by atoms with van der Waals surface area (Å²) in [6.45, 7) is 8.25. The van der Waals surface area contributed by atoms with E-state index in [9.17, 15) is 4.79 Å². The number of nitrogens with one attached hydrogen (secondary N) is 2. The maximum atomic E-state index is 13.0. The van der Waals surface area contributed by atoms with Crippen LogP contribution in [0.25, 0.3) is 11.1 Å². The summed E-state index contributed by atoms with van der Waals surface area (Å²) in [7, 11) is 0. The summed E-state index contributed by atoms with van der Waals surface area (Å²) >= 11 is 0. The van der Waals surface area contributed by atoms with Crippen molar-refractivity contribution in [2.45, 2.75) is 58.4 Å². The minimum atomic E-state index is -0.0404. The molecule has 134 valence electrons. The quantitative estimate of drug-likeness (QED) is 0.893. The van der Waals surface area contributed by atoms with Crippen LogP contribution in [0.15, 0.2) is 10.6 Å². The predicted molar refractivity (Wildman–Crippen MR) is 95.7 cm³/mol. The third-order valence-electron chi connectivity index (χ3n) is 4.87. The van der Waals surface area contributed by atoms with Crippen LogP contribution in [0.1, 0.15) is 67.7 Å². The Kier molecular flexibility index (Phi) is 4.02. The molecular weight excluding hydrogens is 316 g/mol. The van der Waals surface area contributed by atoms with Crippen molar-refractivity contribution in [2.24, 2.45) is 5.41 Å². The standard InChI is InChI=1S/C19H26N4O2/c1-19(2,3)9-15-16-13(17(24)21-12-6-7-20-10-12)8-14(11-4-5-11)22-18(16)25-23-15/h8,11-12,20H,4-7,9-10H2,1-3H3,(H,21,24). The SMILES string of the molecule is CC(C)(C)Cc1noc2nc(C3CC3)cc(C(=O)NC3CCNC3)c12. The first-order valence-corrected chi connectivity index (χ1v) is 9.21. The van der Waals surface area contributed by atoms with Gasteiger partial charge in [-0.15, -0.1) is 0 Å². The van der Waals surface area contributed by atoms with Gasteiger partial charge in [0, 0.05) is 24.2 Å². The fourth-order valence-electron chi connectivity index (χ4n) is 3.46. The lowest BCUT2D eigenvalue weighted by Gasteiger charge is -2.17. The largest absolute Gasteiger partial charge is 0.348 e. The maximum Gasteiger partial charge on any atom is 0.259 e. The minimum Gasteiger partial charge on any atom is -0.348 e. The number of amides is 1. The number of nitrogens with zero attached hydrogens (tertiary/aromatic N) is 2. The molecule has 0 bridgehead atoms. The summed E-state index contributed by atoms with van der Waals surface area (Å²) in [6, 6.07) is 2.15. The van der Waals surface area contributed by atoms with Gasteiger partial charge in [-0.3, -0.25) is 4.79 Å². The molecule has 2 aromatic heterocycles. The predicted octanol–water partition coefficient (Wildman–Crippen LogP) is 2.78. The van der Waals surface area contributed by atoms with Gasteiger partial charge >= 0.3 is 0 Å². The first-order valence-electron chi connectivity index (χ1n) is 9.21. The van der Waals surface area contributed by atoms with Gasteiger partial charge in [-0.25, -0.2) is 4.98 Å². The first-order chi connectivity index (χ1) is 11.9. The van der Waals surface area contributed by atoms with E-state index in [1.165, 1.54) is 0 Å². The third kappa shape index (κ3) is 3.54. The fourth-order valence-corrected chi connectivity index (χ4v) is 3.46. The van der Waals surface area contributed by atoms with Crippen LogP contribution in [0.3, 0.4) is 0 Å². The molecule has 1 aliphatic carbocycles. The van der Waals surface area contributed by atoms with Crippen molar-refractivity contribution in [1.82, 2.24) is 20.8 Å². The van der Waals surface area contributed by atoms with Crippen LogP contribution in [0, 0.1) is 5.41 Å². The summed E-state index contributed by atoms with van der Waals surface area (Å²) in [4.78, 5) is 17.6. The van der Waals surface area contributed by atoms with E-state index in [1.54, 1.807) is 0 Å². The number of pyridine rings is 1. The van der Waals surface area contributed by atoms with E-state index in [0.717, 1.165) is 55.5 Å². The Morgan fingerprint density at radius 1 is 1.36 bits per heavy atom. The summed E-state index contributed by atoms with van der Waals surface area (Å²) in [5, 5.41) is 11.5. The van der Waals surface area contributed by atoms with Gasteiger partial charge in [0.25, 0.3) is 11.6 Å². The molecule has 0 radical (unpaired) electrons. The minimum absolute atomic E-state index is 0.0404. The molecule has 6 heteroatoms. The molecule has 1 unspecified atom stereocenters. The van der Waals surface area contributed by atoms with Gasteiger partial charge < -0.3 is 15.2 Å².